The molecule has 1 aromatic carbocycles. The molecule has 6 heteroatoms. The number of benzene rings is 1. The number of hydrogen-bond acceptors (Lipinski definition) is 2. The lowest BCUT2D eigenvalue weighted by molar-refractivity contribution is -0.124. The second-order valence-electron chi connectivity index (χ2n) is 4.03. The number of aromatic nitrogens is 1. The van der Waals surface area contributed by atoms with Crippen molar-refractivity contribution >= 4 is 45.8 Å². The van der Waals surface area contributed by atoms with E-state index in [0.717, 1.165) is 0 Å². The maximum atomic E-state index is 12.0. The van der Waals surface area contributed by atoms with Gasteiger partial charge in [-0.1, -0.05) is 29.3 Å². The van der Waals surface area contributed by atoms with Crippen LogP contribution in [0.2, 0.25) is 10.2 Å². The number of carbonyl (C=O) groups excluding carboxylic acids is 2. The van der Waals surface area contributed by atoms with Crippen molar-refractivity contribution in [1.82, 2.24) is 9.88 Å². The summed E-state index contributed by atoms with van der Waals surface area (Å²) in [7, 11) is 3.03. The number of Topliss-reactive ketones (excluding diaryl/α,β-unsaturated/α-hetero) is 1. The van der Waals surface area contributed by atoms with Gasteiger partial charge in [-0.15, -0.1) is 0 Å². The predicted octanol–water partition coefficient (Wildman–Crippen LogP) is 2.75. The Balaban J connectivity index is 2.61. The fourth-order valence-electron chi connectivity index (χ4n) is 1.67. The van der Waals surface area contributed by atoms with Crippen molar-refractivity contribution in [3.05, 3.63) is 33.9 Å². The molecule has 0 saturated carbocycles. The highest BCUT2D eigenvalue weighted by Crippen LogP contribution is 2.28. The Morgan fingerprint density at radius 1 is 1.22 bits per heavy atom. The summed E-state index contributed by atoms with van der Waals surface area (Å²) < 4.78 is 0. The van der Waals surface area contributed by atoms with Crippen molar-refractivity contribution in [3.63, 3.8) is 0 Å². The number of hydrogen-bond donors (Lipinski definition) is 1. The molecule has 0 aliphatic heterocycles. The number of fused-ring (bicyclic) bond motifs is 1. The second kappa shape index (κ2) is 4.63. The molecule has 1 N–H and O–H groups in total. The predicted molar refractivity (Wildman–Crippen MR) is 71.3 cm³/mol. The van der Waals surface area contributed by atoms with Crippen LogP contribution in [0.1, 0.15) is 10.4 Å². The molecule has 0 radical (unpaired) electrons. The Bertz CT molecular complexity index is 647. The molecule has 1 amide bonds. The van der Waals surface area contributed by atoms with Gasteiger partial charge in [-0.25, -0.2) is 0 Å². The van der Waals surface area contributed by atoms with E-state index in [0.29, 0.717) is 15.9 Å². The molecular formula is C12H10Cl2N2O2. The van der Waals surface area contributed by atoms with E-state index < -0.39 is 11.7 Å². The van der Waals surface area contributed by atoms with Crippen LogP contribution < -0.4 is 0 Å². The van der Waals surface area contributed by atoms with E-state index >= 15 is 0 Å². The molecule has 0 unspecified atom stereocenters. The van der Waals surface area contributed by atoms with Gasteiger partial charge in [0.05, 0.1) is 5.56 Å². The summed E-state index contributed by atoms with van der Waals surface area (Å²) in [5, 5.41) is 1.26. The number of rotatable bonds is 2. The summed E-state index contributed by atoms with van der Waals surface area (Å²) >= 11 is 11.8. The molecule has 18 heavy (non-hydrogen) atoms. The monoisotopic (exact) mass is 284 g/mol. The number of nitrogens with one attached hydrogen (secondary N) is 1. The molecule has 0 aliphatic carbocycles. The lowest BCUT2D eigenvalue weighted by Crippen LogP contribution is -2.29. The molecule has 0 fully saturated rings. The minimum atomic E-state index is -0.640. The molecular weight excluding hydrogens is 275 g/mol. The highest BCUT2D eigenvalue weighted by molar-refractivity contribution is 6.49. The fourth-order valence-corrected chi connectivity index (χ4v) is 2.13. The smallest absolute Gasteiger partial charge is 0.294 e. The van der Waals surface area contributed by atoms with Crippen LogP contribution in [-0.4, -0.2) is 35.7 Å². The molecule has 2 aromatic rings. The number of ketones is 1. The molecule has 0 saturated heterocycles. The number of halogens is 2. The summed E-state index contributed by atoms with van der Waals surface area (Å²) in [5.41, 5.74) is 0.810. The van der Waals surface area contributed by atoms with Crippen molar-refractivity contribution in [1.29, 1.82) is 0 Å². The number of H-pyrrole nitrogens is 1. The quantitative estimate of drug-likeness (QED) is 0.681. The van der Waals surface area contributed by atoms with E-state index in [1.165, 1.54) is 19.0 Å². The van der Waals surface area contributed by atoms with Crippen molar-refractivity contribution in [2.75, 3.05) is 14.1 Å². The van der Waals surface area contributed by atoms with E-state index in [-0.39, 0.29) is 10.7 Å². The number of nitrogens with zero attached hydrogens (tertiary/aromatic N) is 1. The van der Waals surface area contributed by atoms with Crippen LogP contribution in [0.5, 0.6) is 0 Å². The van der Waals surface area contributed by atoms with Crippen LogP contribution in [-0.2, 0) is 4.79 Å². The normalized spacial score (nSPS) is 10.7. The standard InChI is InChI=1S/C12H10Cl2N2O2/c1-16(2)12(18)10(17)9-7-4-3-6(13)5-8(7)15-11(9)14/h3-5,15H,1-2H3. The summed E-state index contributed by atoms with van der Waals surface area (Å²) in [6, 6.07) is 4.96. The van der Waals surface area contributed by atoms with Crippen LogP contribution in [0.3, 0.4) is 0 Å². The highest BCUT2D eigenvalue weighted by atomic mass is 35.5. The SMILES string of the molecule is CN(C)C(=O)C(=O)c1c(Cl)[nH]c2cc(Cl)ccc12. The van der Waals surface area contributed by atoms with Crippen molar-refractivity contribution in [3.8, 4) is 0 Å². The lowest BCUT2D eigenvalue weighted by atomic mass is 10.1. The van der Waals surface area contributed by atoms with Crippen LogP contribution in [0.4, 0.5) is 0 Å². The Labute approximate surface area is 113 Å². The molecule has 0 atom stereocenters. The summed E-state index contributed by atoms with van der Waals surface area (Å²) in [5.74, 6) is -1.26. The Kier molecular flexibility index (Phi) is 3.32. The van der Waals surface area contributed by atoms with Gasteiger partial charge in [0.2, 0.25) is 0 Å². The summed E-state index contributed by atoms with van der Waals surface area (Å²) in [6.07, 6.45) is 0. The first-order chi connectivity index (χ1) is 8.41. The van der Waals surface area contributed by atoms with Crippen molar-refractivity contribution < 1.29 is 9.59 Å². The molecule has 94 valence electrons. The zero-order valence-corrected chi connectivity index (χ0v) is 11.3. The van der Waals surface area contributed by atoms with E-state index in [1.807, 2.05) is 0 Å². The number of amides is 1. The van der Waals surface area contributed by atoms with E-state index in [4.69, 9.17) is 23.2 Å². The van der Waals surface area contributed by atoms with Crippen LogP contribution in [0.25, 0.3) is 10.9 Å². The van der Waals surface area contributed by atoms with Gasteiger partial charge in [-0.2, -0.15) is 0 Å². The zero-order chi connectivity index (χ0) is 13.4. The van der Waals surface area contributed by atoms with Crippen molar-refractivity contribution in [2.24, 2.45) is 0 Å². The van der Waals surface area contributed by atoms with Gasteiger partial charge >= 0.3 is 0 Å². The molecule has 2 rings (SSSR count). The Morgan fingerprint density at radius 3 is 2.50 bits per heavy atom. The van der Waals surface area contributed by atoms with Crippen LogP contribution in [0, 0.1) is 0 Å². The van der Waals surface area contributed by atoms with E-state index in [9.17, 15) is 9.59 Å². The van der Waals surface area contributed by atoms with Crippen LogP contribution >= 0.6 is 23.2 Å². The van der Waals surface area contributed by atoms with Gasteiger partial charge < -0.3 is 9.88 Å². The molecule has 0 spiro atoms. The number of likely N-dealkylation sites (N-methyl/N-ethyl adjacent to an activating group) is 1. The molecule has 0 aliphatic rings. The molecule has 1 aromatic heterocycles. The third-order valence-corrected chi connectivity index (χ3v) is 3.06. The average molecular weight is 285 g/mol. The largest absolute Gasteiger partial charge is 0.345 e. The van der Waals surface area contributed by atoms with Gasteiger partial charge in [-0.05, 0) is 12.1 Å². The van der Waals surface area contributed by atoms with Gasteiger partial charge in [0.1, 0.15) is 5.15 Å². The molecule has 1 heterocycles. The van der Waals surface area contributed by atoms with Gasteiger partial charge in [-0.3, -0.25) is 9.59 Å². The Hall–Kier alpha value is -1.52. The molecule has 0 bridgehead atoms. The van der Waals surface area contributed by atoms with Crippen LogP contribution in [0.15, 0.2) is 18.2 Å². The van der Waals surface area contributed by atoms with Gasteiger partial charge in [0.15, 0.2) is 0 Å². The lowest BCUT2D eigenvalue weighted by Gasteiger charge is -2.08. The summed E-state index contributed by atoms with van der Waals surface area (Å²) in [6.45, 7) is 0. The topological polar surface area (TPSA) is 53.2 Å². The summed E-state index contributed by atoms with van der Waals surface area (Å²) in [4.78, 5) is 27.8. The van der Waals surface area contributed by atoms with E-state index in [2.05, 4.69) is 4.98 Å². The fraction of sp³-hybridized carbons (Fsp3) is 0.167. The van der Waals surface area contributed by atoms with Gasteiger partial charge in [0.25, 0.3) is 11.7 Å². The first kappa shape index (κ1) is 12.9. The number of aromatic amines is 1. The average Bonchev–Trinajstić information content (AvgIpc) is 2.62. The Morgan fingerprint density at radius 2 is 1.89 bits per heavy atom. The maximum absolute atomic E-state index is 12.0. The zero-order valence-electron chi connectivity index (χ0n) is 9.75. The highest BCUT2D eigenvalue weighted by Gasteiger charge is 2.24. The van der Waals surface area contributed by atoms with E-state index in [1.54, 1.807) is 18.2 Å². The first-order valence-corrected chi connectivity index (χ1v) is 5.90. The maximum Gasteiger partial charge on any atom is 0.294 e. The number of carbonyl (C=O) groups is 2. The minimum absolute atomic E-state index is 0.146. The molecule has 4 nitrogen and oxygen atoms in total. The second-order valence-corrected chi connectivity index (χ2v) is 4.85. The van der Waals surface area contributed by atoms with Gasteiger partial charge in [0, 0.05) is 30.0 Å². The minimum Gasteiger partial charge on any atom is -0.345 e. The van der Waals surface area contributed by atoms with Crippen molar-refractivity contribution in [2.45, 2.75) is 0 Å². The first-order valence-electron chi connectivity index (χ1n) is 5.14. The third-order valence-electron chi connectivity index (χ3n) is 2.54. The third kappa shape index (κ3) is 2.09.